The van der Waals surface area contributed by atoms with E-state index in [1.54, 1.807) is 18.3 Å². The Morgan fingerprint density at radius 1 is 1.32 bits per heavy atom. The van der Waals surface area contributed by atoms with E-state index in [9.17, 15) is 0 Å². The van der Waals surface area contributed by atoms with E-state index in [-0.39, 0.29) is 0 Å². The number of fused-ring (bicyclic) bond motifs is 3. The van der Waals surface area contributed by atoms with E-state index in [1.807, 2.05) is 6.07 Å². The standard InChI is InChI=1S/C15H18Cl2N4S/c16-12-2-1-11(13(17)7-12)8-18-20-15(22)19-14-9-21-5-3-10(14)4-6-21/h1-2,7-8,10,14H,3-6,9H2,(H2,19,20,22)/b18-8-. The molecule has 2 N–H and O–H groups in total. The number of benzene rings is 1. The predicted octanol–water partition coefficient (Wildman–Crippen LogP) is 2.89. The summed E-state index contributed by atoms with van der Waals surface area (Å²) in [6.45, 7) is 3.51. The molecule has 2 bridgehead atoms. The molecule has 1 atom stereocenters. The summed E-state index contributed by atoms with van der Waals surface area (Å²) in [5.74, 6) is 0.722. The summed E-state index contributed by atoms with van der Waals surface area (Å²) in [7, 11) is 0. The Bertz CT molecular complexity index is 585. The first kappa shape index (κ1) is 16.0. The van der Waals surface area contributed by atoms with Crippen LogP contribution < -0.4 is 10.7 Å². The fraction of sp³-hybridized carbons (Fsp3) is 0.467. The van der Waals surface area contributed by atoms with Gasteiger partial charge in [-0.25, -0.2) is 0 Å². The van der Waals surface area contributed by atoms with Gasteiger partial charge in [0.05, 0.1) is 11.2 Å². The Balaban J connectivity index is 1.51. The molecular formula is C15H18Cl2N4S. The third kappa shape index (κ3) is 3.90. The van der Waals surface area contributed by atoms with Crippen molar-refractivity contribution >= 4 is 46.7 Å². The van der Waals surface area contributed by atoms with Gasteiger partial charge in [-0.3, -0.25) is 5.43 Å². The van der Waals surface area contributed by atoms with Crippen LogP contribution in [0.5, 0.6) is 0 Å². The zero-order valence-corrected chi connectivity index (χ0v) is 14.4. The van der Waals surface area contributed by atoms with Gasteiger partial charge in [0, 0.05) is 23.2 Å². The number of hydrogen-bond acceptors (Lipinski definition) is 3. The first-order valence-electron chi connectivity index (χ1n) is 7.39. The van der Waals surface area contributed by atoms with Crippen molar-refractivity contribution in [2.45, 2.75) is 18.9 Å². The minimum Gasteiger partial charge on any atom is -0.357 e. The number of nitrogens with one attached hydrogen (secondary N) is 2. The molecule has 1 unspecified atom stereocenters. The highest BCUT2D eigenvalue weighted by Gasteiger charge is 2.34. The van der Waals surface area contributed by atoms with Gasteiger partial charge in [0.25, 0.3) is 0 Å². The molecular weight excluding hydrogens is 339 g/mol. The molecule has 1 aromatic rings. The van der Waals surface area contributed by atoms with Crippen LogP contribution in [0.3, 0.4) is 0 Å². The third-order valence-electron chi connectivity index (χ3n) is 4.30. The molecule has 3 fully saturated rings. The van der Waals surface area contributed by atoms with E-state index in [2.05, 4.69) is 20.7 Å². The molecule has 3 saturated heterocycles. The van der Waals surface area contributed by atoms with Gasteiger partial charge >= 0.3 is 0 Å². The van der Waals surface area contributed by atoms with Crippen LogP contribution in [0, 0.1) is 5.92 Å². The van der Waals surface area contributed by atoms with Crippen LogP contribution in [-0.4, -0.2) is 41.9 Å². The van der Waals surface area contributed by atoms with Gasteiger partial charge in [0.1, 0.15) is 0 Å². The van der Waals surface area contributed by atoms with Crippen molar-refractivity contribution in [1.82, 2.24) is 15.6 Å². The summed E-state index contributed by atoms with van der Waals surface area (Å²) in [6.07, 6.45) is 4.15. The molecule has 0 saturated carbocycles. The number of nitrogens with zero attached hydrogens (tertiary/aromatic N) is 2. The van der Waals surface area contributed by atoms with Crippen molar-refractivity contribution in [3.05, 3.63) is 33.8 Å². The van der Waals surface area contributed by atoms with Gasteiger partial charge in [0.2, 0.25) is 0 Å². The van der Waals surface area contributed by atoms with E-state index >= 15 is 0 Å². The second-order valence-corrected chi connectivity index (χ2v) is 7.01. The van der Waals surface area contributed by atoms with Gasteiger partial charge in [-0.05, 0) is 56.2 Å². The molecule has 22 heavy (non-hydrogen) atoms. The maximum absolute atomic E-state index is 6.09. The average molecular weight is 357 g/mol. The zero-order chi connectivity index (χ0) is 15.5. The fourth-order valence-corrected chi connectivity index (χ4v) is 3.76. The normalized spacial score (nSPS) is 27.1. The zero-order valence-electron chi connectivity index (χ0n) is 12.1. The lowest BCUT2D eigenvalue weighted by molar-refractivity contribution is 0.0812. The minimum absolute atomic E-state index is 0.428. The van der Waals surface area contributed by atoms with Crippen LogP contribution in [0.4, 0.5) is 0 Å². The molecule has 0 amide bonds. The lowest BCUT2D eigenvalue weighted by Gasteiger charge is -2.45. The highest BCUT2D eigenvalue weighted by Crippen LogP contribution is 2.27. The second-order valence-electron chi connectivity index (χ2n) is 5.75. The molecule has 4 nitrogen and oxygen atoms in total. The van der Waals surface area contributed by atoms with E-state index < -0.39 is 0 Å². The van der Waals surface area contributed by atoms with E-state index in [4.69, 9.17) is 35.4 Å². The molecule has 0 spiro atoms. The molecule has 3 aliphatic heterocycles. The molecule has 7 heteroatoms. The number of halogens is 2. The van der Waals surface area contributed by atoms with Crippen LogP contribution in [0.15, 0.2) is 23.3 Å². The summed E-state index contributed by atoms with van der Waals surface area (Å²) < 4.78 is 0. The van der Waals surface area contributed by atoms with Crippen molar-refractivity contribution in [3.63, 3.8) is 0 Å². The summed E-state index contributed by atoms with van der Waals surface area (Å²) >= 11 is 17.3. The quantitative estimate of drug-likeness (QED) is 0.496. The molecule has 118 valence electrons. The topological polar surface area (TPSA) is 39.7 Å². The second kappa shape index (κ2) is 7.13. The van der Waals surface area contributed by atoms with Crippen molar-refractivity contribution in [2.24, 2.45) is 11.0 Å². The summed E-state index contributed by atoms with van der Waals surface area (Å²) in [5.41, 5.74) is 3.65. The SMILES string of the molecule is S=C(N/N=C\c1ccc(Cl)cc1Cl)NC1CN2CCC1CC2. The fourth-order valence-electron chi connectivity index (χ4n) is 3.10. The Morgan fingerprint density at radius 3 is 2.73 bits per heavy atom. The number of piperidine rings is 3. The molecule has 0 radical (unpaired) electrons. The molecule has 4 rings (SSSR count). The van der Waals surface area contributed by atoms with Gasteiger partial charge in [-0.15, -0.1) is 0 Å². The van der Waals surface area contributed by atoms with Crippen molar-refractivity contribution < 1.29 is 0 Å². The monoisotopic (exact) mass is 356 g/mol. The lowest BCUT2D eigenvalue weighted by atomic mass is 9.84. The maximum Gasteiger partial charge on any atom is 0.187 e. The van der Waals surface area contributed by atoms with Crippen LogP contribution in [0.1, 0.15) is 18.4 Å². The highest BCUT2D eigenvalue weighted by molar-refractivity contribution is 7.80. The molecule has 3 heterocycles. The Labute approximate surface area is 145 Å². The average Bonchev–Trinajstić information content (AvgIpc) is 2.51. The Kier molecular flexibility index (Phi) is 5.18. The first-order valence-corrected chi connectivity index (χ1v) is 8.55. The highest BCUT2D eigenvalue weighted by atomic mass is 35.5. The summed E-state index contributed by atoms with van der Waals surface area (Å²) in [5, 5.41) is 9.24. The van der Waals surface area contributed by atoms with E-state index in [1.165, 1.54) is 25.9 Å². The lowest BCUT2D eigenvalue weighted by Crippen LogP contribution is -2.58. The van der Waals surface area contributed by atoms with Crippen molar-refractivity contribution in [3.8, 4) is 0 Å². The summed E-state index contributed by atoms with van der Waals surface area (Å²) in [6, 6.07) is 5.71. The molecule has 1 aromatic carbocycles. The van der Waals surface area contributed by atoms with Gasteiger partial charge < -0.3 is 10.2 Å². The van der Waals surface area contributed by atoms with Gasteiger partial charge in [-0.2, -0.15) is 5.10 Å². The van der Waals surface area contributed by atoms with E-state index in [0.717, 1.165) is 18.0 Å². The van der Waals surface area contributed by atoms with Gasteiger partial charge in [0.15, 0.2) is 5.11 Å². The number of hydrogen-bond donors (Lipinski definition) is 2. The van der Waals surface area contributed by atoms with Crippen LogP contribution in [-0.2, 0) is 0 Å². The van der Waals surface area contributed by atoms with Crippen molar-refractivity contribution in [1.29, 1.82) is 0 Å². The number of hydrazone groups is 1. The largest absolute Gasteiger partial charge is 0.357 e. The molecule has 0 aromatic heterocycles. The van der Waals surface area contributed by atoms with Crippen LogP contribution >= 0.6 is 35.4 Å². The number of thiocarbonyl (C=S) groups is 1. The Morgan fingerprint density at radius 2 is 2.09 bits per heavy atom. The summed E-state index contributed by atoms with van der Waals surface area (Å²) in [4.78, 5) is 2.48. The third-order valence-corrected chi connectivity index (χ3v) is 5.08. The first-order chi connectivity index (χ1) is 10.6. The minimum atomic E-state index is 0.428. The predicted molar refractivity (Wildman–Crippen MR) is 95.9 cm³/mol. The smallest absolute Gasteiger partial charge is 0.187 e. The van der Waals surface area contributed by atoms with Crippen LogP contribution in [0.25, 0.3) is 0 Å². The van der Waals surface area contributed by atoms with Gasteiger partial charge in [-0.1, -0.05) is 29.3 Å². The Hall–Kier alpha value is -0.880. The molecule has 3 aliphatic rings. The number of rotatable bonds is 3. The molecule has 0 aliphatic carbocycles. The van der Waals surface area contributed by atoms with Crippen LogP contribution in [0.2, 0.25) is 10.0 Å². The van der Waals surface area contributed by atoms with Crippen molar-refractivity contribution in [2.75, 3.05) is 19.6 Å². The maximum atomic E-state index is 6.09. The van der Waals surface area contributed by atoms with E-state index in [0.29, 0.717) is 21.2 Å².